The number of unbranched alkanes of at least 4 members (excludes halogenated alkanes) is 1. The molecule has 1 unspecified atom stereocenters. The molecule has 0 radical (unpaired) electrons. The van der Waals surface area contributed by atoms with Crippen molar-refractivity contribution in [1.82, 2.24) is 19.9 Å². The van der Waals surface area contributed by atoms with Crippen LogP contribution in [-0.4, -0.2) is 43.0 Å². The topological polar surface area (TPSA) is 130 Å². The van der Waals surface area contributed by atoms with E-state index in [0.717, 1.165) is 18.4 Å². The van der Waals surface area contributed by atoms with Crippen molar-refractivity contribution >= 4 is 29.7 Å². The Labute approximate surface area is 207 Å². The molecule has 0 aliphatic heterocycles. The Balaban J connectivity index is 2.01. The van der Waals surface area contributed by atoms with Crippen molar-refractivity contribution in [1.29, 1.82) is 0 Å². The Morgan fingerprint density at radius 1 is 0.971 bits per heavy atom. The highest BCUT2D eigenvalue weighted by atomic mass is 16.3. The molecule has 1 atom stereocenters. The first-order valence-electron chi connectivity index (χ1n) is 11.9. The molecule has 0 fully saturated rings. The quantitative estimate of drug-likeness (QED) is 0.453. The van der Waals surface area contributed by atoms with Gasteiger partial charge >= 0.3 is 0 Å². The van der Waals surface area contributed by atoms with Crippen LogP contribution in [0.3, 0.4) is 0 Å². The summed E-state index contributed by atoms with van der Waals surface area (Å²) in [6.07, 6.45) is 9.14. The highest BCUT2D eigenvalue weighted by Gasteiger charge is 2.24. The number of hydrogen-bond donors (Lipinski definition) is 3. The van der Waals surface area contributed by atoms with Crippen LogP contribution in [0.1, 0.15) is 77.9 Å². The number of aliphatic hydroxyl groups excluding tert-OH is 1. The van der Waals surface area contributed by atoms with Crippen molar-refractivity contribution in [2.24, 2.45) is 10.8 Å². The van der Waals surface area contributed by atoms with E-state index < -0.39 is 16.9 Å². The van der Waals surface area contributed by atoms with Gasteiger partial charge in [-0.25, -0.2) is 15.0 Å². The lowest BCUT2D eigenvalue weighted by atomic mass is 9.96. The molecule has 2 rings (SSSR count). The Morgan fingerprint density at radius 3 is 2.17 bits per heavy atom. The van der Waals surface area contributed by atoms with Crippen LogP contribution in [0.4, 0.5) is 11.8 Å². The molecule has 0 saturated carbocycles. The van der Waals surface area contributed by atoms with Crippen molar-refractivity contribution in [3.05, 3.63) is 41.6 Å². The van der Waals surface area contributed by atoms with Crippen molar-refractivity contribution in [3.63, 3.8) is 0 Å². The van der Waals surface area contributed by atoms with Crippen molar-refractivity contribution in [2.45, 2.75) is 80.3 Å². The third-order valence-electron chi connectivity index (χ3n) is 5.10. The number of aryl methyl sites for hydroxylation is 2. The third kappa shape index (κ3) is 9.90. The maximum absolute atomic E-state index is 12.5. The fraction of sp³-hybridized carbons (Fsp3) is 0.538. The van der Waals surface area contributed by atoms with Gasteiger partial charge in [-0.05, 0) is 26.2 Å². The number of carbonyl (C=O) groups is 2. The predicted octanol–water partition coefficient (Wildman–Crippen LogP) is 4.33. The number of hydrogen-bond acceptors (Lipinski definition) is 7. The van der Waals surface area contributed by atoms with Crippen LogP contribution < -0.4 is 10.6 Å². The van der Waals surface area contributed by atoms with Gasteiger partial charge in [0.05, 0.1) is 6.10 Å². The van der Waals surface area contributed by atoms with Crippen LogP contribution >= 0.6 is 0 Å². The van der Waals surface area contributed by atoms with E-state index in [-0.39, 0.29) is 17.8 Å². The summed E-state index contributed by atoms with van der Waals surface area (Å²) in [6, 6.07) is 1.73. The van der Waals surface area contributed by atoms with Gasteiger partial charge in [0.1, 0.15) is 11.6 Å². The van der Waals surface area contributed by atoms with Gasteiger partial charge in [-0.15, -0.1) is 0 Å². The second-order valence-electron chi connectivity index (χ2n) is 10.7. The summed E-state index contributed by atoms with van der Waals surface area (Å²) in [5.41, 5.74) is 0.345. The summed E-state index contributed by atoms with van der Waals surface area (Å²) >= 11 is 0. The lowest BCUT2D eigenvalue weighted by molar-refractivity contribution is -0.123. The number of amides is 2. The van der Waals surface area contributed by atoms with E-state index in [1.165, 1.54) is 0 Å². The van der Waals surface area contributed by atoms with E-state index in [4.69, 9.17) is 0 Å². The van der Waals surface area contributed by atoms with Crippen LogP contribution in [0.2, 0.25) is 0 Å². The van der Waals surface area contributed by atoms with Crippen molar-refractivity contribution in [2.75, 3.05) is 10.6 Å². The molecule has 2 heterocycles. The van der Waals surface area contributed by atoms with Crippen LogP contribution in [0.15, 0.2) is 24.5 Å². The van der Waals surface area contributed by atoms with Gasteiger partial charge in [0.15, 0.2) is 0 Å². The average Bonchev–Trinajstić information content (AvgIpc) is 2.75. The average molecular weight is 483 g/mol. The molecule has 2 amide bonds. The van der Waals surface area contributed by atoms with E-state index in [9.17, 15) is 14.7 Å². The minimum absolute atomic E-state index is 0.162. The van der Waals surface area contributed by atoms with Gasteiger partial charge in [0.25, 0.3) is 0 Å². The van der Waals surface area contributed by atoms with Crippen molar-refractivity contribution < 1.29 is 14.7 Å². The number of rotatable bonds is 9. The maximum Gasteiger partial charge on any atom is 0.232 e. The number of carbonyl (C=O) groups excluding carboxylic acids is 2. The zero-order chi connectivity index (χ0) is 26.2. The van der Waals surface area contributed by atoms with Crippen LogP contribution in [-0.2, 0) is 16.0 Å². The smallest absolute Gasteiger partial charge is 0.232 e. The first kappa shape index (κ1) is 28.0. The summed E-state index contributed by atoms with van der Waals surface area (Å²) in [7, 11) is 0. The minimum atomic E-state index is -0.609. The van der Waals surface area contributed by atoms with Gasteiger partial charge in [-0.3, -0.25) is 14.9 Å². The SMILES string of the molecule is Cc1ncc(C=CC(O)CCCCc2cc(NC(=O)C(C)(C)C)nc(NC(=O)C(C)(C)C)n2)cn1. The largest absolute Gasteiger partial charge is 0.389 e. The van der Waals surface area contributed by atoms with E-state index in [2.05, 4.69) is 30.6 Å². The van der Waals surface area contributed by atoms with Gasteiger partial charge in [-0.1, -0.05) is 60.1 Å². The molecule has 3 N–H and O–H groups in total. The van der Waals surface area contributed by atoms with E-state index >= 15 is 0 Å². The molecule has 2 aromatic rings. The molecule has 0 aromatic carbocycles. The van der Waals surface area contributed by atoms with E-state index in [0.29, 0.717) is 30.2 Å². The lowest BCUT2D eigenvalue weighted by Gasteiger charge is -2.19. The maximum atomic E-state index is 12.5. The second-order valence-corrected chi connectivity index (χ2v) is 10.7. The Morgan fingerprint density at radius 2 is 1.57 bits per heavy atom. The molecule has 9 nitrogen and oxygen atoms in total. The monoisotopic (exact) mass is 482 g/mol. The lowest BCUT2D eigenvalue weighted by Crippen LogP contribution is -2.30. The summed E-state index contributed by atoms with van der Waals surface area (Å²) < 4.78 is 0. The molecule has 0 saturated heterocycles. The molecule has 0 spiro atoms. The van der Waals surface area contributed by atoms with Crippen LogP contribution in [0.5, 0.6) is 0 Å². The molecule has 9 heteroatoms. The Kier molecular flexibility index (Phi) is 9.59. The Hall–Kier alpha value is -3.20. The summed E-state index contributed by atoms with van der Waals surface area (Å²) in [6.45, 7) is 12.7. The Bertz CT molecular complexity index is 990. The number of aromatic nitrogens is 4. The van der Waals surface area contributed by atoms with Crippen LogP contribution in [0.25, 0.3) is 6.08 Å². The van der Waals surface area contributed by atoms with Gasteiger partial charge < -0.3 is 10.4 Å². The molecular formula is C26H38N6O3. The van der Waals surface area contributed by atoms with Gasteiger partial charge in [0.2, 0.25) is 17.8 Å². The number of aliphatic hydroxyl groups is 1. The predicted molar refractivity (Wildman–Crippen MR) is 138 cm³/mol. The van der Waals surface area contributed by atoms with Crippen molar-refractivity contribution in [3.8, 4) is 0 Å². The molecule has 2 aromatic heterocycles. The molecule has 0 bridgehead atoms. The number of nitrogens with one attached hydrogen (secondary N) is 2. The zero-order valence-corrected chi connectivity index (χ0v) is 21.8. The molecule has 190 valence electrons. The van der Waals surface area contributed by atoms with E-state index in [1.807, 2.05) is 33.8 Å². The second kappa shape index (κ2) is 12.0. The fourth-order valence-electron chi connectivity index (χ4n) is 2.81. The highest BCUT2D eigenvalue weighted by molar-refractivity contribution is 5.95. The highest BCUT2D eigenvalue weighted by Crippen LogP contribution is 2.20. The summed E-state index contributed by atoms with van der Waals surface area (Å²) in [5.74, 6) is 0.827. The van der Waals surface area contributed by atoms with Gasteiger partial charge in [0, 0.05) is 40.5 Å². The summed E-state index contributed by atoms with van der Waals surface area (Å²) in [4.78, 5) is 41.9. The van der Waals surface area contributed by atoms with Gasteiger partial charge in [-0.2, -0.15) is 4.98 Å². The summed E-state index contributed by atoms with van der Waals surface area (Å²) in [5, 5.41) is 15.8. The molecular weight excluding hydrogens is 444 g/mol. The fourth-order valence-corrected chi connectivity index (χ4v) is 2.81. The normalized spacial score (nSPS) is 13.0. The van der Waals surface area contributed by atoms with Crippen LogP contribution in [0, 0.1) is 17.8 Å². The third-order valence-corrected chi connectivity index (χ3v) is 5.10. The first-order valence-corrected chi connectivity index (χ1v) is 11.9. The molecule has 0 aliphatic carbocycles. The first-order chi connectivity index (χ1) is 16.2. The molecule has 35 heavy (non-hydrogen) atoms. The zero-order valence-electron chi connectivity index (χ0n) is 21.8. The van der Waals surface area contributed by atoms with E-state index in [1.54, 1.807) is 45.3 Å². The number of nitrogens with zero attached hydrogens (tertiary/aromatic N) is 4. The standard InChI is InChI=1S/C26H38N6O3/c1-17-27-15-18(16-28-17)12-13-20(33)11-9-8-10-19-14-21(30-22(34)25(2,3)4)31-24(29-19)32-23(35)26(5,6)7/h12-16,20,33H,8-11H2,1-7H3,(H2,29,30,31,32,34,35). The molecule has 0 aliphatic rings. The minimum Gasteiger partial charge on any atom is -0.389 e. The number of anilines is 2.